The fourth-order valence-electron chi connectivity index (χ4n) is 5.22. The number of guanidine groups is 1. The van der Waals surface area contributed by atoms with Crippen molar-refractivity contribution in [1.29, 1.82) is 0 Å². The van der Waals surface area contributed by atoms with Crippen LogP contribution in [0.3, 0.4) is 0 Å². The maximum atomic E-state index is 14.0. The number of nitrogens with one attached hydrogen (secondary N) is 4. The van der Waals surface area contributed by atoms with Crippen molar-refractivity contribution < 1.29 is 33.9 Å². The molecule has 0 spiro atoms. The molecule has 0 aliphatic heterocycles. The van der Waals surface area contributed by atoms with Crippen LogP contribution in [-0.4, -0.2) is 82.1 Å². The molecule has 0 bridgehead atoms. The van der Waals surface area contributed by atoms with E-state index in [2.05, 4.69) is 31.2 Å². The van der Waals surface area contributed by atoms with Crippen LogP contribution in [0.5, 0.6) is 0 Å². The number of ketones is 1. The van der Waals surface area contributed by atoms with E-state index in [0.29, 0.717) is 23.9 Å². The molecule has 3 rings (SSSR count). The van der Waals surface area contributed by atoms with Crippen LogP contribution in [0.4, 0.5) is 0 Å². The lowest BCUT2D eigenvalue weighted by Gasteiger charge is -2.27. The Hall–Kier alpha value is -5.38. The molecule has 1 aromatic heterocycles. The molecule has 0 aliphatic carbocycles. The topological polar surface area (TPSA) is 248 Å². The zero-order valence-corrected chi connectivity index (χ0v) is 29.7. The smallest absolute Gasteiger partial charge is 0.303 e. The van der Waals surface area contributed by atoms with Crippen molar-refractivity contribution >= 4 is 62.9 Å². The van der Waals surface area contributed by atoms with Crippen molar-refractivity contribution in [2.24, 2.45) is 22.4 Å². The lowest BCUT2D eigenvalue weighted by Crippen LogP contribution is -2.59. The number of fused-ring (bicyclic) bond motifs is 1. The van der Waals surface area contributed by atoms with E-state index in [9.17, 15) is 33.9 Å². The van der Waals surface area contributed by atoms with Crippen LogP contribution in [0.15, 0.2) is 59.6 Å². The van der Waals surface area contributed by atoms with Gasteiger partial charge in [0.15, 0.2) is 11.0 Å². The summed E-state index contributed by atoms with van der Waals surface area (Å²) in [5, 5.41) is 20.2. The van der Waals surface area contributed by atoms with Gasteiger partial charge < -0.3 is 37.8 Å². The molecule has 0 saturated heterocycles. The number of carbonyl (C=O) groups is 6. The van der Waals surface area contributed by atoms with E-state index >= 15 is 0 Å². The molecule has 0 radical (unpaired) electrons. The molecule has 5 atom stereocenters. The van der Waals surface area contributed by atoms with Crippen molar-refractivity contribution in [3.05, 3.63) is 65.2 Å². The molecule has 0 saturated carbocycles. The maximum Gasteiger partial charge on any atom is 0.303 e. The Labute approximate surface area is 300 Å². The van der Waals surface area contributed by atoms with Gasteiger partial charge in [-0.2, -0.15) is 0 Å². The predicted octanol–water partition coefficient (Wildman–Crippen LogP) is 1.65. The Balaban J connectivity index is 1.91. The average Bonchev–Trinajstić information content (AvgIpc) is 3.54. The van der Waals surface area contributed by atoms with Gasteiger partial charge in [-0.3, -0.25) is 33.8 Å². The monoisotopic (exact) mass is 722 g/mol. The average molecular weight is 723 g/mol. The lowest BCUT2D eigenvalue weighted by molar-refractivity contribution is -0.138. The molecule has 2 aromatic carbocycles. The zero-order valence-electron chi connectivity index (χ0n) is 28.9. The number of amides is 4. The molecule has 3 aromatic rings. The van der Waals surface area contributed by atoms with E-state index in [1.54, 1.807) is 49.4 Å². The summed E-state index contributed by atoms with van der Waals surface area (Å²) < 4.78 is 0.796. The number of carboxylic acids is 1. The van der Waals surface area contributed by atoms with Crippen LogP contribution in [0.1, 0.15) is 68.2 Å². The predicted molar refractivity (Wildman–Crippen MR) is 194 cm³/mol. The maximum absolute atomic E-state index is 14.0. The SMILES string of the molecule is CCC(C)[C@H](NC(C)=O)C(=O)N[C@@H](CCC(=O)O)C(=O)N[C@@H](Cc1ccccc1)C(=O)N[C@@H](CCCN=C(N)N)C(=O)c1nc2ccccc2s1. The lowest BCUT2D eigenvalue weighted by atomic mass is 9.97. The molecule has 0 aliphatic rings. The summed E-state index contributed by atoms with van der Waals surface area (Å²) in [6.45, 7) is 5.06. The second-order valence-electron chi connectivity index (χ2n) is 12.2. The van der Waals surface area contributed by atoms with E-state index in [4.69, 9.17) is 11.5 Å². The van der Waals surface area contributed by atoms with E-state index < -0.39 is 66.0 Å². The summed E-state index contributed by atoms with van der Waals surface area (Å²) in [5.41, 5.74) is 12.2. The molecule has 16 heteroatoms. The Morgan fingerprint density at radius 3 is 2.10 bits per heavy atom. The number of hydrogen-bond donors (Lipinski definition) is 7. The van der Waals surface area contributed by atoms with Crippen LogP contribution >= 0.6 is 11.3 Å². The summed E-state index contributed by atoms with van der Waals surface area (Å²) in [6.07, 6.45) is 0.285. The van der Waals surface area contributed by atoms with Crippen LogP contribution in [0.2, 0.25) is 0 Å². The Morgan fingerprint density at radius 2 is 1.47 bits per heavy atom. The van der Waals surface area contributed by atoms with Gasteiger partial charge in [-0.15, -0.1) is 11.3 Å². The fourth-order valence-corrected chi connectivity index (χ4v) is 6.18. The molecular weight excluding hydrogens is 677 g/mol. The second kappa shape index (κ2) is 19.7. The van der Waals surface area contributed by atoms with E-state index in [0.717, 1.165) is 4.70 Å². The van der Waals surface area contributed by atoms with Crippen molar-refractivity contribution in [2.75, 3.05) is 6.54 Å². The summed E-state index contributed by atoms with van der Waals surface area (Å²) in [6, 6.07) is 11.5. The Bertz CT molecular complexity index is 1680. The standard InChI is InChI=1S/C35H46N8O7S/c1-4-20(2)29(39-21(3)44)33(50)41-25(16-17-28(45)46)31(48)42-26(19-22-11-6-5-7-12-22)32(49)40-24(14-10-18-38-35(36)37)30(47)34-43-23-13-8-9-15-27(23)51-34/h5-9,11-13,15,20,24-26,29H,4,10,14,16-19H2,1-3H3,(H,39,44)(H,40,49)(H,41,50)(H,42,48)(H,45,46)(H4,36,37,38)/t20?,24-,25-,26-,29-/m0/s1. The number of carboxylic acid groups (broad SMARTS) is 1. The number of rotatable bonds is 20. The quantitative estimate of drug-likeness (QED) is 0.0384. The number of aliphatic imine (C=N–C) groups is 1. The molecule has 1 heterocycles. The van der Waals surface area contributed by atoms with Gasteiger partial charge in [0.2, 0.25) is 29.4 Å². The molecule has 9 N–H and O–H groups in total. The third kappa shape index (κ3) is 12.8. The number of Topliss-reactive ketones (excluding diaryl/α,β-unsaturated/α-hetero) is 1. The van der Waals surface area contributed by atoms with E-state index in [-0.39, 0.29) is 42.7 Å². The van der Waals surface area contributed by atoms with Gasteiger partial charge in [0, 0.05) is 26.3 Å². The zero-order chi connectivity index (χ0) is 37.5. The summed E-state index contributed by atoms with van der Waals surface area (Å²) >= 11 is 1.19. The largest absolute Gasteiger partial charge is 0.481 e. The number of thiazole rings is 1. The highest BCUT2D eigenvalue weighted by Gasteiger charge is 2.33. The van der Waals surface area contributed by atoms with Crippen LogP contribution < -0.4 is 32.7 Å². The highest BCUT2D eigenvalue weighted by atomic mass is 32.1. The summed E-state index contributed by atoms with van der Waals surface area (Å²) in [5.74, 6) is -4.66. The van der Waals surface area contributed by atoms with Gasteiger partial charge in [-0.05, 0) is 42.9 Å². The van der Waals surface area contributed by atoms with Crippen LogP contribution in [-0.2, 0) is 30.4 Å². The minimum absolute atomic E-state index is 0.00937. The number of nitrogens with two attached hydrogens (primary N) is 2. The highest BCUT2D eigenvalue weighted by Crippen LogP contribution is 2.23. The Morgan fingerprint density at radius 1 is 0.843 bits per heavy atom. The molecule has 274 valence electrons. The summed E-state index contributed by atoms with van der Waals surface area (Å²) in [4.78, 5) is 86.7. The van der Waals surface area contributed by atoms with Gasteiger partial charge in [0.25, 0.3) is 0 Å². The minimum atomic E-state index is -1.36. The van der Waals surface area contributed by atoms with Crippen molar-refractivity contribution in [2.45, 2.75) is 83.5 Å². The molecule has 0 fully saturated rings. The number of aromatic nitrogens is 1. The van der Waals surface area contributed by atoms with Gasteiger partial charge in [-0.1, -0.05) is 62.7 Å². The van der Waals surface area contributed by atoms with Crippen molar-refractivity contribution in [1.82, 2.24) is 26.3 Å². The second-order valence-corrected chi connectivity index (χ2v) is 13.2. The molecule has 51 heavy (non-hydrogen) atoms. The number of aliphatic carboxylic acids is 1. The number of nitrogens with zero attached hydrogens (tertiary/aromatic N) is 2. The first-order valence-corrected chi connectivity index (χ1v) is 17.5. The molecule has 15 nitrogen and oxygen atoms in total. The fraction of sp³-hybridized carbons (Fsp3) is 0.429. The van der Waals surface area contributed by atoms with Gasteiger partial charge >= 0.3 is 5.97 Å². The highest BCUT2D eigenvalue weighted by molar-refractivity contribution is 7.20. The third-order valence-electron chi connectivity index (χ3n) is 8.13. The molecule has 4 amide bonds. The van der Waals surface area contributed by atoms with Crippen molar-refractivity contribution in [3.8, 4) is 0 Å². The third-order valence-corrected chi connectivity index (χ3v) is 9.18. The number of benzene rings is 2. The molecular formula is C35H46N8O7S. The number of hydrogen-bond acceptors (Lipinski definition) is 9. The van der Waals surface area contributed by atoms with E-state index in [1.807, 2.05) is 19.1 Å². The number of para-hydroxylation sites is 1. The molecule has 1 unspecified atom stereocenters. The van der Waals surface area contributed by atoms with Crippen LogP contribution in [0, 0.1) is 5.92 Å². The first-order chi connectivity index (χ1) is 24.3. The Kier molecular flexibility index (Phi) is 15.5. The minimum Gasteiger partial charge on any atom is -0.481 e. The summed E-state index contributed by atoms with van der Waals surface area (Å²) in [7, 11) is 0. The van der Waals surface area contributed by atoms with Crippen molar-refractivity contribution in [3.63, 3.8) is 0 Å². The van der Waals surface area contributed by atoms with E-state index in [1.165, 1.54) is 18.3 Å². The first kappa shape index (κ1) is 40.1. The van der Waals surface area contributed by atoms with Gasteiger partial charge in [0.05, 0.1) is 16.3 Å². The van der Waals surface area contributed by atoms with Gasteiger partial charge in [0.1, 0.15) is 18.1 Å². The number of carbonyl (C=O) groups excluding carboxylic acids is 5. The van der Waals surface area contributed by atoms with Crippen LogP contribution in [0.25, 0.3) is 10.2 Å². The first-order valence-electron chi connectivity index (χ1n) is 16.7. The van der Waals surface area contributed by atoms with Gasteiger partial charge in [-0.25, -0.2) is 4.98 Å². The normalized spacial score (nSPS) is 13.9.